The lowest BCUT2D eigenvalue weighted by Crippen LogP contribution is -2.37. The van der Waals surface area contributed by atoms with Crippen LogP contribution in [-0.2, 0) is 9.59 Å². The number of aliphatic hydroxyl groups is 1. The van der Waals surface area contributed by atoms with E-state index in [1.165, 1.54) is 0 Å². The number of amides is 2. The molecule has 5 nitrogen and oxygen atoms in total. The minimum absolute atomic E-state index is 0.0969. The van der Waals surface area contributed by atoms with Gasteiger partial charge < -0.3 is 15.3 Å². The number of rotatable bonds is 4. The summed E-state index contributed by atoms with van der Waals surface area (Å²) < 4.78 is 0. The Kier molecular flexibility index (Phi) is 3.14. The third-order valence-corrected chi connectivity index (χ3v) is 3.09. The Morgan fingerprint density at radius 3 is 2.88 bits per heavy atom. The summed E-state index contributed by atoms with van der Waals surface area (Å²) >= 11 is 0. The van der Waals surface area contributed by atoms with Crippen LogP contribution in [0.15, 0.2) is 0 Å². The average molecular weight is 226 g/mol. The van der Waals surface area contributed by atoms with E-state index < -0.39 is 6.10 Å². The van der Waals surface area contributed by atoms with Crippen molar-refractivity contribution < 1.29 is 14.7 Å². The van der Waals surface area contributed by atoms with Crippen LogP contribution in [0.5, 0.6) is 0 Å². The number of hydrogen-bond donors (Lipinski definition) is 2. The lowest BCUT2D eigenvalue weighted by Gasteiger charge is -2.15. The second-order valence-corrected chi connectivity index (χ2v) is 4.77. The van der Waals surface area contributed by atoms with Gasteiger partial charge in [0.25, 0.3) is 0 Å². The molecule has 1 unspecified atom stereocenters. The van der Waals surface area contributed by atoms with Gasteiger partial charge in [-0.15, -0.1) is 0 Å². The third kappa shape index (κ3) is 2.52. The molecule has 1 aliphatic heterocycles. The first-order valence-corrected chi connectivity index (χ1v) is 5.83. The molecule has 16 heavy (non-hydrogen) atoms. The predicted octanol–water partition coefficient (Wildman–Crippen LogP) is -0.506. The summed E-state index contributed by atoms with van der Waals surface area (Å²) in [4.78, 5) is 25.1. The first kappa shape index (κ1) is 11.4. The summed E-state index contributed by atoms with van der Waals surface area (Å²) in [6, 6.07) is 0.391. The molecule has 0 spiro atoms. The average Bonchev–Trinajstić information content (AvgIpc) is 2.99. The van der Waals surface area contributed by atoms with Crippen molar-refractivity contribution in [2.75, 3.05) is 13.1 Å². The zero-order valence-electron chi connectivity index (χ0n) is 9.48. The van der Waals surface area contributed by atoms with Crippen LogP contribution in [0.4, 0.5) is 0 Å². The largest absolute Gasteiger partial charge is 0.392 e. The van der Waals surface area contributed by atoms with Crippen molar-refractivity contribution in [3.8, 4) is 0 Å². The second-order valence-electron chi connectivity index (χ2n) is 4.77. The van der Waals surface area contributed by atoms with Crippen molar-refractivity contribution in [2.24, 2.45) is 5.92 Å². The number of aliphatic hydroxyl groups excluding tert-OH is 1. The van der Waals surface area contributed by atoms with Crippen LogP contribution in [0, 0.1) is 5.92 Å². The molecule has 2 N–H and O–H groups in total. The molecule has 2 fully saturated rings. The van der Waals surface area contributed by atoms with Gasteiger partial charge in [-0.2, -0.15) is 0 Å². The molecule has 0 bridgehead atoms. The highest BCUT2D eigenvalue weighted by Gasteiger charge is 2.41. The summed E-state index contributed by atoms with van der Waals surface area (Å²) in [5.41, 5.74) is 0. The topological polar surface area (TPSA) is 69.6 Å². The molecule has 2 amide bonds. The van der Waals surface area contributed by atoms with Gasteiger partial charge in [0.05, 0.1) is 12.0 Å². The van der Waals surface area contributed by atoms with E-state index in [9.17, 15) is 9.59 Å². The van der Waals surface area contributed by atoms with Gasteiger partial charge in [-0.05, 0) is 19.8 Å². The van der Waals surface area contributed by atoms with Crippen LogP contribution in [0.25, 0.3) is 0 Å². The van der Waals surface area contributed by atoms with Gasteiger partial charge in [-0.25, -0.2) is 0 Å². The number of nitrogens with zero attached hydrogens (tertiary/aromatic N) is 1. The van der Waals surface area contributed by atoms with Gasteiger partial charge in [-0.3, -0.25) is 9.59 Å². The zero-order valence-corrected chi connectivity index (χ0v) is 9.48. The molecular formula is C11H18N2O3. The molecule has 0 radical (unpaired) electrons. The lowest BCUT2D eigenvalue weighted by molar-refractivity contribution is -0.129. The summed E-state index contributed by atoms with van der Waals surface area (Å²) in [6.07, 6.45) is 1.93. The molecular weight excluding hydrogens is 208 g/mol. The summed E-state index contributed by atoms with van der Waals surface area (Å²) in [5.74, 6) is -0.246. The van der Waals surface area contributed by atoms with E-state index in [-0.39, 0.29) is 24.3 Å². The van der Waals surface area contributed by atoms with Crippen LogP contribution < -0.4 is 5.32 Å². The number of carbonyl (C=O) groups is 2. The SMILES string of the molecule is C[C@@H](O)CNC(=O)C1CC(=O)N(C2CC2)C1. The molecule has 2 aliphatic rings. The maximum Gasteiger partial charge on any atom is 0.225 e. The number of nitrogens with one attached hydrogen (secondary N) is 1. The van der Waals surface area contributed by atoms with Crippen molar-refractivity contribution >= 4 is 11.8 Å². The molecule has 1 saturated heterocycles. The fourth-order valence-electron chi connectivity index (χ4n) is 2.04. The first-order valence-electron chi connectivity index (χ1n) is 5.83. The van der Waals surface area contributed by atoms with Crippen molar-refractivity contribution in [2.45, 2.75) is 38.3 Å². The number of hydrogen-bond acceptors (Lipinski definition) is 3. The van der Waals surface area contributed by atoms with E-state index in [1.54, 1.807) is 6.92 Å². The molecule has 5 heteroatoms. The maximum absolute atomic E-state index is 11.7. The van der Waals surface area contributed by atoms with Crippen molar-refractivity contribution in [3.63, 3.8) is 0 Å². The Balaban J connectivity index is 1.82. The fraction of sp³-hybridized carbons (Fsp3) is 0.818. The Bertz CT molecular complexity index is 300. The maximum atomic E-state index is 11.7. The summed E-state index contributed by atoms with van der Waals surface area (Å²) in [6.45, 7) is 2.43. The second kappa shape index (κ2) is 4.41. The molecule has 90 valence electrons. The minimum atomic E-state index is -0.541. The molecule has 1 heterocycles. The van der Waals surface area contributed by atoms with E-state index in [2.05, 4.69) is 5.32 Å². The van der Waals surface area contributed by atoms with Crippen molar-refractivity contribution in [1.82, 2.24) is 10.2 Å². The van der Waals surface area contributed by atoms with E-state index in [0.29, 0.717) is 19.0 Å². The Hall–Kier alpha value is -1.10. The highest BCUT2D eigenvalue weighted by atomic mass is 16.3. The van der Waals surface area contributed by atoms with Gasteiger partial charge in [-0.1, -0.05) is 0 Å². The van der Waals surface area contributed by atoms with Crippen LogP contribution >= 0.6 is 0 Å². The predicted molar refractivity (Wildman–Crippen MR) is 57.5 cm³/mol. The molecule has 2 rings (SSSR count). The molecule has 0 aromatic rings. The Morgan fingerprint density at radius 1 is 1.62 bits per heavy atom. The highest BCUT2D eigenvalue weighted by molar-refractivity contribution is 5.89. The molecule has 1 saturated carbocycles. The summed E-state index contributed by atoms with van der Waals surface area (Å²) in [5, 5.41) is 11.7. The lowest BCUT2D eigenvalue weighted by atomic mass is 10.1. The monoisotopic (exact) mass is 226 g/mol. The zero-order chi connectivity index (χ0) is 11.7. The molecule has 1 aliphatic carbocycles. The normalized spacial score (nSPS) is 27.0. The third-order valence-electron chi connectivity index (χ3n) is 3.09. The van der Waals surface area contributed by atoms with Gasteiger partial charge in [0.2, 0.25) is 11.8 Å². The van der Waals surface area contributed by atoms with Crippen molar-refractivity contribution in [3.05, 3.63) is 0 Å². The summed E-state index contributed by atoms with van der Waals surface area (Å²) in [7, 11) is 0. The Morgan fingerprint density at radius 2 is 2.31 bits per heavy atom. The van der Waals surface area contributed by atoms with Crippen LogP contribution in [0.2, 0.25) is 0 Å². The Labute approximate surface area is 94.8 Å². The molecule has 2 atom stereocenters. The van der Waals surface area contributed by atoms with Crippen molar-refractivity contribution in [1.29, 1.82) is 0 Å². The van der Waals surface area contributed by atoms with Gasteiger partial charge in [0, 0.05) is 25.6 Å². The van der Waals surface area contributed by atoms with E-state index in [0.717, 1.165) is 12.8 Å². The van der Waals surface area contributed by atoms with E-state index >= 15 is 0 Å². The van der Waals surface area contributed by atoms with Crippen LogP contribution in [0.3, 0.4) is 0 Å². The van der Waals surface area contributed by atoms with Gasteiger partial charge >= 0.3 is 0 Å². The first-order chi connectivity index (χ1) is 7.58. The number of likely N-dealkylation sites (tertiary alicyclic amines) is 1. The van der Waals surface area contributed by atoms with Gasteiger partial charge in [0.1, 0.15) is 0 Å². The number of carbonyl (C=O) groups excluding carboxylic acids is 2. The van der Waals surface area contributed by atoms with E-state index in [1.807, 2.05) is 4.90 Å². The molecule has 0 aromatic carbocycles. The quantitative estimate of drug-likeness (QED) is 0.678. The van der Waals surface area contributed by atoms with Gasteiger partial charge in [0.15, 0.2) is 0 Å². The smallest absolute Gasteiger partial charge is 0.225 e. The molecule has 0 aromatic heterocycles. The van der Waals surface area contributed by atoms with Crippen LogP contribution in [0.1, 0.15) is 26.2 Å². The standard InChI is InChI=1S/C11H18N2O3/c1-7(14)5-12-11(16)8-4-10(15)13(6-8)9-2-3-9/h7-9,14H,2-6H2,1H3,(H,12,16)/t7-,8?/m1/s1. The highest BCUT2D eigenvalue weighted by Crippen LogP contribution is 2.32. The van der Waals surface area contributed by atoms with Crippen LogP contribution in [-0.4, -0.2) is 47.1 Å². The minimum Gasteiger partial charge on any atom is -0.392 e. The van der Waals surface area contributed by atoms with E-state index in [4.69, 9.17) is 5.11 Å². The fourth-order valence-corrected chi connectivity index (χ4v) is 2.04.